The fraction of sp³-hybridized carbons (Fsp3) is 0.444. The smallest absolute Gasteiger partial charge is 0.317 e. The van der Waals surface area contributed by atoms with E-state index in [1.807, 2.05) is 0 Å². The molecule has 2 amide bonds. The number of carbonyl (C=O) groups is 2. The third-order valence-corrected chi connectivity index (χ3v) is 1.84. The Hall–Kier alpha value is -1.85. The van der Waals surface area contributed by atoms with Gasteiger partial charge in [-0.1, -0.05) is 0 Å². The lowest BCUT2D eigenvalue weighted by molar-refractivity contribution is -0.576. The molecule has 0 aliphatic heterocycles. The van der Waals surface area contributed by atoms with Crippen molar-refractivity contribution in [3.8, 4) is 0 Å². The van der Waals surface area contributed by atoms with E-state index in [1.165, 1.54) is 25.3 Å². The lowest BCUT2D eigenvalue weighted by atomic mass is 10.8. The van der Waals surface area contributed by atoms with Gasteiger partial charge in [0, 0.05) is 14.1 Å². The summed E-state index contributed by atoms with van der Waals surface area (Å²) in [6.07, 6.45) is 4.54. The maximum atomic E-state index is 11.5. The average Bonchev–Trinajstić information content (AvgIpc) is 2.63. The maximum absolute atomic E-state index is 11.5. The van der Waals surface area contributed by atoms with Crippen molar-refractivity contribution >= 4 is 12.1 Å². The van der Waals surface area contributed by atoms with Crippen LogP contribution < -0.4 is 4.57 Å². The van der Waals surface area contributed by atoms with E-state index in [-0.39, 0.29) is 12.1 Å². The zero-order valence-corrected chi connectivity index (χ0v) is 9.34. The van der Waals surface area contributed by atoms with E-state index < -0.39 is 0 Å². The second-order valence-corrected chi connectivity index (χ2v) is 3.58. The first kappa shape index (κ1) is 11.2. The molecule has 1 aromatic heterocycles. The molecular formula is C9H15N4O2+. The van der Waals surface area contributed by atoms with Crippen LogP contribution in [0, 0.1) is 0 Å². The van der Waals surface area contributed by atoms with E-state index in [1.54, 1.807) is 40.6 Å². The first-order valence-electron chi connectivity index (χ1n) is 4.46. The number of hydrogen-bond acceptors (Lipinski definition) is 2. The topological polar surface area (TPSA) is 49.4 Å². The Kier molecular flexibility index (Phi) is 3.08. The van der Waals surface area contributed by atoms with Gasteiger partial charge in [0.05, 0.1) is 14.1 Å². The number of hydrogen-bond donors (Lipinski definition) is 0. The maximum Gasteiger partial charge on any atom is 0.442 e. The Balaban J connectivity index is 2.90. The Morgan fingerprint density at radius 2 is 1.73 bits per heavy atom. The summed E-state index contributed by atoms with van der Waals surface area (Å²) in [7, 11) is 6.61. The van der Waals surface area contributed by atoms with Crippen LogP contribution in [0.15, 0.2) is 18.7 Å². The molecule has 1 aromatic rings. The van der Waals surface area contributed by atoms with E-state index >= 15 is 0 Å². The predicted molar refractivity (Wildman–Crippen MR) is 53.6 cm³/mol. The highest BCUT2D eigenvalue weighted by Gasteiger charge is 2.18. The van der Waals surface area contributed by atoms with Gasteiger partial charge in [-0.15, -0.1) is 0 Å². The first-order valence-corrected chi connectivity index (χ1v) is 4.46. The third-order valence-electron chi connectivity index (χ3n) is 1.84. The first-order chi connectivity index (χ1) is 6.93. The van der Waals surface area contributed by atoms with E-state index in [0.717, 1.165) is 0 Å². The van der Waals surface area contributed by atoms with Crippen LogP contribution in [0.25, 0.3) is 0 Å². The predicted octanol–water partition coefficient (Wildman–Crippen LogP) is -0.165. The molecule has 0 saturated heterocycles. The molecule has 82 valence electrons. The van der Waals surface area contributed by atoms with Gasteiger partial charge in [-0.05, 0) is 0 Å². The molecule has 15 heavy (non-hydrogen) atoms. The van der Waals surface area contributed by atoms with Crippen molar-refractivity contribution in [2.75, 3.05) is 28.2 Å². The van der Waals surface area contributed by atoms with Crippen LogP contribution >= 0.6 is 0 Å². The van der Waals surface area contributed by atoms with Crippen LogP contribution in [0.5, 0.6) is 0 Å². The van der Waals surface area contributed by atoms with E-state index in [4.69, 9.17) is 0 Å². The fourth-order valence-electron chi connectivity index (χ4n) is 1.04. The molecule has 1 heterocycles. The monoisotopic (exact) mass is 211 g/mol. The van der Waals surface area contributed by atoms with Crippen molar-refractivity contribution in [3.63, 3.8) is 0 Å². The summed E-state index contributed by atoms with van der Waals surface area (Å²) in [5, 5.41) is 0. The molecule has 0 saturated carbocycles. The number of rotatable bonds is 0. The lowest BCUT2D eigenvalue weighted by Crippen LogP contribution is -2.48. The summed E-state index contributed by atoms with van der Waals surface area (Å²) < 4.78 is 2.70. The highest BCUT2D eigenvalue weighted by atomic mass is 16.2. The molecular weight excluding hydrogens is 196 g/mol. The van der Waals surface area contributed by atoms with Crippen LogP contribution in [0.3, 0.4) is 0 Å². The molecule has 0 fully saturated rings. The van der Waals surface area contributed by atoms with Crippen LogP contribution in [-0.2, 0) is 0 Å². The zero-order chi connectivity index (χ0) is 11.6. The zero-order valence-electron chi connectivity index (χ0n) is 9.34. The molecule has 0 unspecified atom stereocenters. The van der Waals surface area contributed by atoms with E-state index in [2.05, 4.69) is 0 Å². The van der Waals surface area contributed by atoms with Crippen LogP contribution in [-0.4, -0.2) is 54.6 Å². The van der Waals surface area contributed by atoms with Gasteiger partial charge in [-0.2, -0.15) is 9.13 Å². The number of amides is 2. The normalized spacial score (nSPS) is 9.87. The Morgan fingerprint density at radius 1 is 1.13 bits per heavy atom. The van der Waals surface area contributed by atoms with Crippen molar-refractivity contribution in [2.24, 2.45) is 0 Å². The number of imidazole rings is 1. The number of nitrogens with zero attached hydrogens (tertiary/aromatic N) is 4. The molecule has 1 rings (SSSR count). The lowest BCUT2D eigenvalue weighted by Gasteiger charge is -2.06. The quantitative estimate of drug-likeness (QED) is 0.560. The largest absolute Gasteiger partial charge is 0.442 e. The highest BCUT2D eigenvalue weighted by molar-refractivity contribution is 5.76. The molecule has 0 atom stereocenters. The highest BCUT2D eigenvalue weighted by Crippen LogP contribution is 1.90. The summed E-state index contributed by atoms with van der Waals surface area (Å²) in [6, 6.07) is -0.388. The number of aromatic nitrogens is 2. The van der Waals surface area contributed by atoms with Crippen LogP contribution in [0.1, 0.15) is 0 Å². The Bertz CT molecular complexity index is 347. The minimum Gasteiger partial charge on any atom is -0.317 e. The van der Waals surface area contributed by atoms with Crippen molar-refractivity contribution in [1.82, 2.24) is 14.4 Å². The summed E-state index contributed by atoms with van der Waals surface area (Å²) in [5.74, 6) is 0. The minimum absolute atomic E-state index is 0.194. The van der Waals surface area contributed by atoms with Gasteiger partial charge in [0.25, 0.3) is 0 Å². The fourth-order valence-corrected chi connectivity index (χ4v) is 1.04. The second kappa shape index (κ2) is 4.12. The van der Waals surface area contributed by atoms with Gasteiger partial charge in [0.15, 0.2) is 0 Å². The van der Waals surface area contributed by atoms with Gasteiger partial charge in [0.2, 0.25) is 6.33 Å². The molecule has 0 aliphatic rings. The third kappa shape index (κ3) is 2.34. The van der Waals surface area contributed by atoms with E-state index in [9.17, 15) is 9.59 Å². The SMILES string of the molecule is CN(C)C(=O)n1cc[n+](C(=O)N(C)C)c1. The number of carbonyl (C=O) groups excluding carboxylic acids is 2. The van der Waals surface area contributed by atoms with Gasteiger partial charge >= 0.3 is 12.1 Å². The molecule has 0 bridgehead atoms. The van der Waals surface area contributed by atoms with Crippen molar-refractivity contribution in [1.29, 1.82) is 0 Å². The average molecular weight is 211 g/mol. The van der Waals surface area contributed by atoms with Crippen molar-refractivity contribution in [3.05, 3.63) is 18.7 Å². The summed E-state index contributed by atoms with van der Waals surface area (Å²) in [4.78, 5) is 25.9. The van der Waals surface area contributed by atoms with Gasteiger partial charge in [-0.25, -0.2) is 9.59 Å². The van der Waals surface area contributed by atoms with Gasteiger partial charge < -0.3 is 4.90 Å². The standard InChI is InChI=1S/C9H15N4O2/c1-10(2)8(14)12-5-6-13(7-12)9(15)11(3)4/h5-7H,1-4H3/q+1. The summed E-state index contributed by atoms with van der Waals surface area (Å²) >= 11 is 0. The van der Waals surface area contributed by atoms with Gasteiger partial charge in [0.1, 0.15) is 12.4 Å². The van der Waals surface area contributed by atoms with Gasteiger partial charge in [-0.3, -0.25) is 4.90 Å². The summed E-state index contributed by atoms with van der Waals surface area (Å²) in [5.41, 5.74) is 0. The Labute approximate surface area is 88.3 Å². The van der Waals surface area contributed by atoms with Crippen LogP contribution in [0.4, 0.5) is 9.59 Å². The van der Waals surface area contributed by atoms with Crippen LogP contribution in [0.2, 0.25) is 0 Å². The molecule has 6 nitrogen and oxygen atoms in total. The Morgan fingerprint density at radius 3 is 2.20 bits per heavy atom. The molecule has 0 radical (unpaired) electrons. The summed E-state index contributed by atoms with van der Waals surface area (Å²) in [6.45, 7) is 0. The molecule has 6 heteroatoms. The molecule has 0 spiro atoms. The van der Waals surface area contributed by atoms with Crippen molar-refractivity contribution < 1.29 is 14.2 Å². The van der Waals surface area contributed by atoms with Crippen molar-refractivity contribution in [2.45, 2.75) is 0 Å². The minimum atomic E-state index is -0.194. The second-order valence-electron chi connectivity index (χ2n) is 3.58. The molecule has 0 N–H and O–H groups in total. The molecule has 0 aliphatic carbocycles. The van der Waals surface area contributed by atoms with E-state index in [0.29, 0.717) is 0 Å². The molecule has 0 aromatic carbocycles.